The van der Waals surface area contributed by atoms with E-state index >= 15 is 0 Å². The van der Waals surface area contributed by atoms with Gasteiger partial charge in [-0.1, -0.05) is 12.1 Å². The third kappa shape index (κ3) is 6.28. The summed E-state index contributed by atoms with van der Waals surface area (Å²) in [5.41, 5.74) is -2.75. The van der Waals surface area contributed by atoms with Crippen molar-refractivity contribution in [2.24, 2.45) is 5.41 Å². The lowest BCUT2D eigenvalue weighted by atomic mass is 9.97. The van der Waals surface area contributed by atoms with E-state index in [1.807, 2.05) is 5.32 Å². The van der Waals surface area contributed by atoms with Crippen molar-refractivity contribution in [3.05, 3.63) is 29.8 Å². The van der Waals surface area contributed by atoms with Crippen LogP contribution in [0.25, 0.3) is 0 Å². The maximum atomic E-state index is 13.0. The summed E-state index contributed by atoms with van der Waals surface area (Å²) in [4.78, 5) is 23.9. The van der Waals surface area contributed by atoms with Gasteiger partial charge in [0, 0.05) is 0 Å². The fraction of sp³-hybridized carbons (Fsp3) is 0.529. The van der Waals surface area contributed by atoms with E-state index in [4.69, 9.17) is 0 Å². The van der Waals surface area contributed by atoms with Gasteiger partial charge in [0.2, 0.25) is 5.91 Å². The van der Waals surface area contributed by atoms with Gasteiger partial charge in [0.25, 0.3) is 0 Å². The Balaban J connectivity index is 2.13. The van der Waals surface area contributed by atoms with Crippen LogP contribution >= 0.6 is 0 Å². The lowest BCUT2D eigenvalue weighted by Crippen LogP contribution is -2.38. The molecule has 1 N–H and O–H groups in total. The number of carbonyl (C=O) groups is 2. The van der Waals surface area contributed by atoms with E-state index in [-0.39, 0.29) is 5.56 Å². The summed E-state index contributed by atoms with van der Waals surface area (Å²) in [6.45, 7) is -4.21. The van der Waals surface area contributed by atoms with Crippen molar-refractivity contribution < 1.29 is 54.2 Å². The van der Waals surface area contributed by atoms with Crippen LogP contribution in [-0.4, -0.2) is 37.4 Å². The summed E-state index contributed by atoms with van der Waals surface area (Å²) in [6, 6.07) is 2.45. The van der Waals surface area contributed by atoms with Gasteiger partial charge in [-0.2, -0.15) is 22.0 Å². The second-order valence-corrected chi connectivity index (χ2v) is 6.51. The van der Waals surface area contributed by atoms with E-state index in [1.54, 1.807) is 0 Å². The largest absolute Gasteiger partial charge is 0.573 e. The van der Waals surface area contributed by atoms with Gasteiger partial charge in [0.15, 0.2) is 5.78 Å². The molecule has 2 rings (SSSR count). The fourth-order valence-electron chi connectivity index (χ4n) is 2.72. The highest BCUT2D eigenvalue weighted by atomic mass is 19.4. The molecule has 1 aliphatic carbocycles. The summed E-state index contributed by atoms with van der Waals surface area (Å²) in [5, 5.41) is 2.04. The molecular formula is C17H15F8NO4. The Kier molecular flexibility index (Phi) is 6.94. The molecular weight excluding hydrogens is 434 g/mol. The molecule has 0 saturated heterocycles. The van der Waals surface area contributed by atoms with Crippen molar-refractivity contribution in [2.45, 2.75) is 44.5 Å². The lowest BCUT2D eigenvalue weighted by molar-refractivity contribution is -0.274. The van der Waals surface area contributed by atoms with Gasteiger partial charge in [-0.15, -0.1) is 13.2 Å². The SMILES string of the molecule is O=C(CC(=O)C1(C(F)(F)F)CC1)N[C@@H](COC(F)F)c1cccc(OC(F)(F)F)c1. The van der Waals surface area contributed by atoms with Crippen molar-refractivity contribution in [3.63, 3.8) is 0 Å². The van der Waals surface area contributed by atoms with Crippen LogP contribution in [0, 0.1) is 5.41 Å². The van der Waals surface area contributed by atoms with E-state index in [0.29, 0.717) is 0 Å². The molecule has 1 aliphatic rings. The van der Waals surface area contributed by atoms with Crippen LogP contribution in [0.3, 0.4) is 0 Å². The number of alkyl halides is 8. The number of Topliss-reactive ketones (excluding diaryl/α,β-unsaturated/α-hetero) is 1. The Hall–Kier alpha value is -2.44. The highest BCUT2D eigenvalue weighted by Crippen LogP contribution is 2.58. The minimum Gasteiger partial charge on any atom is -0.406 e. The average Bonchev–Trinajstić information content (AvgIpc) is 3.38. The smallest absolute Gasteiger partial charge is 0.406 e. The molecule has 0 spiro atoms. The highest BCUT2D eigenvalue weighted by Gasteiger charge is 2.67. The Morgan fingerprint density at radius 2 is 1.73 bits per heavy atom. The average molecular weight is 449 g/mol. The molecule has 1 amide bonds. The molecule has 5 nitrogen and oxygen atoms in total. The number of carbonyl (C=O) groups excluding carboxylic acids is 2. The Morgan fingerprint density at radius 3 is 2.23 bits per heavy atom. The van der Waals surface area contributed by atoms with Gasteiger partial charge in [-0.3, -0.25) is 9.59 Å². The Morgan fingerprint density at radius 1 is 1.10 bits per heavy atom. The Labute approximate surface area is 164 Å². The highest BCUT2D eigenvalue weighted by molar-refractivity contribution is 6.02. The standard InChI is InChI=1S/C17H15F8NO4/c18-14(19)29-8-11(9-2-1-3-10(6-9)30-17(23,24)25)26-13(28)7-12(27)15(4-5-15)16(20,21)22/h1-3,6,11,14H,4-5,7-8H2,(H,26,28)/t11-/m0/s1. The van der Waals surface area contributed by atoms with E-state index in [9.17, 15) is 44.7 Å². The predicted octanol–water partition coefficient (Wildman–Crippen LogP) is 4.28. The first-order valence-corrected chi connectivity index (χ1v) is 8.38. The normalized spacial score (nSPS) is 16.8. The quantitative estimate of drug-likeness (QED) is 0.452. The third-order valence-corrected chi connectivity index (χ3v) is 4.37. The minimum absolute atomic E-state index is 0.157. The van der Waals surface area contributed by atoms with Crippen LogP contribution < -0.4 is 10.1 Å². The first-order chi connectivity index (χ1) is 13.7. The number of ether oxygens (including phenoxy) is 2. The maximum absolute atomic E-state index is 13.0. The van der Waals surface area contributed by atoms with Crippen LogP contribution in [0.1, 0.15) is 30.9 Å². The number of rotatable bonds is 9. The van der Waals surface area contributed by atoms with Gasteiger partial charge in [-0.05, 0) is 30.5 Å². The fourth-order valence-corrected chi connectivity index (χ4v) is 2.72. The van der Waals surface area contributed by atoms with Crippen LogP contribution in [0.5, 0.6) is 5.75 Å². The van der Waals surface area contributed by atoms with Gasteiger partial charge in [0.1, 0.15) is 11.2 Å². The van der Waals surface area contributed by atoms with Gasteiger partial charge in [0.05, 0.1) is 19.1 Å². The zero-order valence-electron chi connectivity index (χ0n) is 14.9. The summed E-state index contributed by atoms with van der Waals surface area (Å²) in [5.74, 6) is -3.32. The molecule has 1 aromatic carbocycles. The first kappa shape index (κ1) is 23.8. The van der Waals surface area contributed by atoms with E-state index in [2.05, 4.69) is 9.47 Å². The number of ketones is 1. The number of halogens is 8. The van der Waals surface area contributed by atoms with Gasteiger partial charge in [-0.25, -0.2) is 0 Å². The zero-order valence-corrected chi connectivity index (χ0v) is 14.9. The Bertz CT molecular complexity index is 774. The molecule has 1 aromatic rings. The van der Waals surface area contributed by atoms with E-state index in [1.165, 1.54) is 0 Å². The molecule has 0 heterocycles. The minimum atomic E-state index is -5.04. The van der Waals surface area contributed by atoms with Crippen LogP contribution in [-0.2, 0) is 14.3 Å². The van der Waals surface area contributed by atoms with Gasteiger partial charge < -0.3 is 14.8 Å². The number of nitrogens with one attached hydrogen (secondary N) is 1. The second kappa shape index (κ2) is 8.74. The zero-order chi connectivity index (χ0) is 22.7. The second-order valence-electron chi connectivity index (χ2n) is 6.51. The monoisotopic (exact) mass is 449 g/mol. The molecule has 1 saturated carbocycles. The number of benzene rings is 1. The molecule has 0 radical (unpaired) electrons. The van der Waals surface area contributed by atoms with E-state index in [0.717, 1.165) is 24.3 Å². The maximum Gasteiger partial charge on any atom is 0.573 e. The van der Waals surface area contributed by atoms with Crippen molar-refractivity contribution >= 4 is 11.7 Å². The molecule has 0 aliphatic heterocycles. The molecule has 0 unspecified atom stereocenters. The topological polar surface area (TPSA) is 64.6 Å². The molecule has 13 heteroatoms. The van der Waals surface area contributed by atoms with Gasteiger partial charge >= 0.3 is 19.2 Å². The third-order valence-electron chi connectivity index (χ3n) is 4.37. The number of hydrogen-bond donors (Lipinski definition) is 1. The summed E-state index contributed by atoms with van der Waals surface area (Å²) >= 11 is 0. The van der Waals surface area contributed by atoms with Crippen molar-refractivity contribution in [1.29, 1.82) is 0 Å². The van der Waals surface area contributed by atoms with Crippen LogP contribution in [0.15, 0.2) is 24.3 Å². The first-order valence-electron chi connectivity index (χ1n) is 8.38. The summed E-state index contributed by atoms with van der Waals surface area (Å²) in [6.07, 6.45) is -12.0. The molecule has 168 valence electrons. The summed E-state index contributed by atoms with van der Waals surface area (Å²) < 4.78 is 108. The molecule has 30 heavy (non-hydrogen) atoms. The molecule has 1 fully saturated rings. The number of amides is 1. The lowest BCUT2D eigenvalue weighted by Gasteiger charge is -2.21. The molecule has 0 bridgehead atoms. The molecule has 0 aromatic heterocycles. The molecule has 1 atom stereocenters. The number of hydrogen-bond acceptors (Lipinski definition) is 4. The van der Waals surface area contributed by atoms with Crippen molar-refractivity contribution in [1.82, 2.24) is 5.32 Å². The van der Waals surface area contributed by atoms with E-state index < -0.39 is 73.9 Å². The van der Waals surface area contributed by atoms with Crippen molar-refractivity contribution in [3.8, 4) is 5.75 Å². The van der Waals surface area contributed by atoms with Crippen molar-refractivity contribution in [2.75, 3.05) is 6.61 Å². The predicted molar refractivity (Wildman–Crippen MR) is 83.3 cm³/mol. The summed E-state index contributed by atoms with van der Waals surface area (Å²) in [7, 11) is 0. The van der Waals surface area contributed by atoms with Crippen LogP contribution in [0.2, 0.25) is 0 Å². The van der Waals surface area contributed by atoms with Crippen LogP contribution in [0.4, 0.5) is 35.1 Å².